The van der Waals surface area contributed by atoms with Crippen LogP contribution in [0.2, 0.25) is 0 Å². The first-order valence-corrected chi connectivity index (χ1v) is 5.36. The van der Waals surface area contributed by atoms with E-state index < -0.39 is 0 Å². The lowest BCUT2D eigenvalue weighted by molar-refractivity contribution is 0.695. The number of aromatic nitrogens is 3. The van der Waals surface area contributed by atoms with Crippen LogP contribution in [0.3, 0.4) is 0 Å². The maximum Gasteiger partial charge on any atom is 0.160 e. The third-order valence-electron chi connectivity index (χ3n) is 2.47. The summed E-state index contributed by atoms with van der Waals surface area (Å²) in [4.78, 5) is 8.88. The molecule has 4 nitrogen and oxygen atoms in total. The van der Waals surface area contributed by atoms with Crippen molar-refractivity contribution in [2.24, 2.45) is 0 Å². The summed E-state index contributed by atoms with van der Waals surface area (Å²) in [6, 6.07) is 1.88. The highest BCUT2D eigenvalue weighted by atomic mass is 15.1. The molecule has 15 heavy (non-hydrogen) atoms. The summed E-state index contributed by atoms with van der Waals surface area (Å²) in [6.07, 6.45) is 3.77. The molecular formula is C11H16N4. The number of imidazole rings is 1. The Labute approximate surface area is 89.1 Å². The molecule has 0 spiro atoms. The molecule has 2 aromatic rings. The van der Waals surface area contributed by atoms with Crippen LogP contribution in [0.1, 0.15) is 26.1 Å². The van der Waals surface area contributed by atoms with E-state index in [-0.39, 0.29) is 0 Å². The SMILES string of the molecule is CCCc1nc2cc(N)cnc2n1CC. The number of hydrogen-bond donors (Lipinski definition) is 1. The molecule has 0 fully saturated rings. The van der Waals surface area contributed by atoms with Gasteiger partial charge in [0, 0.05) is 13.0 Å². The van der Waals surface area contributed by atoms with Crippen LogP contribution in [-0.4, -0.2) is 14.5 Å². The summed E-state index contributed by atoms with van der Waals surface area (Å²) in [5.41, 5.74) is 8.20. The quantitative estimate of drug-likeness (QED) is 0.831. The summed E-state index contributed by atoms with van der Waals surface area (Å²) < 4.78 is 2.15. The van der Waals surface area contributed by atoms with Gasteiger partial charge in [0.25, 0.3) is 0 Å². The van der Waals surface area contributed by atoms with E-state index in [1.165, 1.54) is 0 Å². The average Bonchev–Trinajstić information content (AvgIpc) is 2.54. The first kappa shape index (κ1) is 9.96. The molecule has 2 aromatic heterocycles. The van der Waals surface area contributed by atoms with Gasteiger partial charge in [-0.1, -0.05) is 6.92 Å². The summed E-state index contributed by atoms with van der Waals surface area (Å²) in [5.74, 6) is 1.10. The molecule has 0 unspecified atom stereocenters. The van der Waals surface area contributed by atoms with Gasteiger partial charge in [-0.2, -0.15) is 0 Å². The molecule has 0 radical (unpaired) electrons. The minimum absolute atomic E-state index is 0.673. The molecule has 80 valence electrons. The smallest absolute Gasteiger partial charge is 0.160 e. The summed E-state index contributed by atoms with van der Waals surface area (Å²) in [6.45, 7) is 5.17. The number of nitrogens with two attached hydrogens (primary N) is 1. The van der Waals surface area contributed by atoms with E-state index in [1.807, 2.05) is 6.07 Å². The van der Waals surface area contributed by atoms with E-state index in [9.17, 15) is 0 Å². The summed E-state index contributed by atoms with van der Waals surface area (Å²) >= 11 is 0. The largest absolute Gasteiger partial charge is 0.397 e. The Bertz CT molecular complexity index is 473. The van der Waals surface area contributed by atoms with Crippen molar-refractivity contribution in [3.05, 3.63) is 18.1 Å². The second-order valence-corrected chi connectivity index (χ2v) is 3.63. The van der Waals surface area contributed by atoms with Crippen LogP contribution < -0.4 is 5.73 Å². The minimum Gasteiger partial charge on any atom is -0.397 e. The van der Waals surface area contributed by atoms with E-state index in [0.717, 1.165) is 36.4 Å². The number of pyridine rings is 1. The lowest BCUT2D eigenvalue weighted by Crippen LogP contribution is -2.02. The van der Waals surface area contributed by atoms with E-state index in [4.69, 9.17) is 5.73 Å². The molecular weight excluding hydrogens is 188 g/mol. The van der Waals surface area contributed by atoms with Crippen LogP contribution in [0.15, 0.2) is 12.3 Å². The van der Waals surface area contributed by atoms with Crippen LogP contribution in [0, 0.1) is 0 Å². The van der Waals surface area contributed by atoms with E-state index in [1.54, 1.807) is 6.20 Å². The molecule has 0 aliphatic carbocycles. The molecule has 2 N–H and O–H groups in total. The number of hydrogen-bond acceptors (Lipinski definition) is 3. The zero-order chi connectivity index (χ0) is 10.8. The molecule has 2 heterocycles. The van der Waals surface area contributed by atoms with Crippen LogP contribution in [0.25, 0.3) is 11.2 Å². The number of rotatable bonds is 3. The maximum atomic E-state index is 5.69. The highest BCUT2D eigenvalue weighted by Gasteiger charge is 2.09. The fraction of sp³-hybridized carbons (Fsp3) is 0.455. The van der Waals surface area contributed by atoms with Crippen molar-refractivity contribution >= 4 is 16.9 Å². The Morgan fingerprint density at radius 1 is 1.40 bits per heavy atom. The Morgan fingerprint density at radius 2 is 2.20 bits per heavy atom. The number of nitrogens with zero attached hydrogens (tertiary/aromatic N) is 3. The molecule has 0 bridgehead atoms. The van der Waals surface area contributed by atoms with Crippen LogP contribution in [0.4, 0.5) is 5.69 Å². The van der Waals surface area contributed by atoms with E-state index in [0.29, 0.717) is 5.69 Å². The highest BCUT2D eigenvalue weighted by molar-refractivity contribution is 5.74. The first-order valence-electron chi connectivity index (χ1n) is 5.36. The van der Waals surface area contributed by atoms with Crippen LogP contribution in [0.5, 0.6) is 0 Å². The number of nitrogen functional groups attached to an aromatic ring is 1. The Morgan fingerprint density at radius 3 is 2.87 bits per heavy atom. The molecule has 0 atom stereocenters. The Hall–Kier alpha value is -1.58. The van der Waals surface area contributed by atoms with Gasteiger partial charge in [-0.05, 0) is 19.4 Å². The second-order valence-electron chi connectivity index (χ2n) is 3.63. The first-order chi connectivity index (χ1) is 7.26. The third-order valence-corrected chi connectivity index (χ3v) is 2.47. The highest BCUT2D eigenvalue weighted by Crippen LogP contribution is 2.17. The molecule has 2 rings (SSSR count). The van der Waals surface area contributed by atoms with Gasteiger partial charge in [-0.25, -0.2) is 9.97 Å². The lowest BCUT2D eigenvalue weighted by Gasteiger charge is -2.03. The molecule has 4 heteroatoms. The number of fused-ring (bicyclic) bond motifs is 1. The molecule has 0 amide bonds. The summed E-state index contributed by atoms with van der Waals surface area (Å²) in [7, 11) is 0. The van der Waals surface area contributed by atoms with Gasteiger partial charge in [0.15, 0.2) is 5.65 Å². The Kier molecular flexibility index (Phi) is 2.58. The normalized spacial score (nSPS) is 11.1. The number of anilines is 1. The molecule has 0 aromatic carbocycles. The van der Waals surface area contributed by atoms with Crippen molar-refractivity contribution in [2.45, 2.75) is 33.2 Å². The molecule has 0 aliphatic heterocycles. The van der Waals surface area contributed by atoms with Crippen molar-refractivity contribution in [1.82, 2.24) is 14.5 Å². The molecule has 0 saturated heterocycles. The van der Waals surface area contributed by atoms with Gasteiger partial charge < -0.3 is 10.3 Å². The lowest BCUT2D eigenvalue weighted by atomic mass is 10.3. The zero-order valence-electron chi connectivity index (χ0n) is 9.20. The third kappa shape index (κ3) is 1.67. The Balaban J connectivity index is 2.62. The maximum absolute atomic E-state index is 5.69. The zero-order valence-corrected chi connectivity index (χ0v) is 9.20. The van der Waals surface area contributed by atoms with Crippen molar-refractivity contribution in [3.8, 4) is 0 Å². The summed E-state index contributed by atoms with van der Waals surface area (Å²) in [5, 5.41) is 0. The minimum atomic E-state index is 0.673. The van der Waals surface area contributed by atoms with E-state index >= 15 is 0 Å². The van der Waals surface area contributed by atoms with Crippen molar-refractivity contribution < 1.29 is 0 Å². The predicted octanol–water partition coefficient (Wildman–Crippen LogP) is 1.99. The fourth-order valence-corrected chi connectivity index (χ4v) is 1.82. The molecule has 0 saturated carbocycles. The van der Waals surface area contributed by atoms with Crippen molar-refractivity contribution in [2.75, 3.05) is 5.73 Å². The van der Waals surface area contributed by atoms with Crippen LogP contribution in [-0.2, 0) is 13.0 Å². The van der Waals surface area contributed by atoms with E-state index in [2.05, 4.69) is 28.4 Å². The standard InChI is InChI=1S/C11H16N4/c1-3-5-10-14-9-6-8(12)7-13-11(9)15(10)4-2/h6-7H,3-5,12H2,1-2H3. The van der Waals surface area contributed by atoms with Gasteiger partial charge in [-0.3, -0.25) is 0 Å². The van der Waals surface area contributed by atoms with Gasteiger partial charge in [0.1, 0.15) is 11.3 Å². The fourth-order valence-electron chi connectivity index (χ4n) is 1.82. The van der Waals surface area contributed by atoms with Gasteiger partial charge in [0.2, 0.25) is 0 Å². The predicted molar refractivity (Wildman–Crippen MR) is 61.6 cm³/mol. The van der Waals surface area contributed by atoms with Crippen LogP contribution >= 0.6 is 0 Å². The van der Waals surface area contributed by atoms with Gasteiger partial charge >= 0.3 is 0 Å². The van der Waals surface area contributed by atoms with Crippen molar-refractivity contribution in [3.63, 3.8) is 0 Å². The van der Waals surface area contributed by atoms with Gasteiger partial charge in [-0.15, -0.1) is 0 Å². The number of aryl methyl sites for hydroxylation is 2. The molecule has 0 aliphatic rings. The second kappa shape index (κ2) is 3.88. The van der Waals surface area contributed by atoms with Gasteiger partial charge in [0.05, 0.1) is 11.9 Å². The average molecular weight is 204 g/mol. The van der Waals surface area contributed by atoms with Crippen molar-refractivity contribution in [1.29, 1.82) is 0 Å². The topological polar surface area (TPSA) is 56.7 Å². The monoisotopic (exact) mass is 204 g/mol.